The lowest BCUT2D eigenvalue weighted by Gasteiger charge is -2.11. The molecule has 0 amide bonds. The number of nitrogens with one attached hydrogen (secondary N) is 1. The van der Waals surface area contributed by atoms with Gasteiger partial charge in [-0.3, -0.25) is 0 Å². The first-order valence-electron chi connectivity index (χ1n) is 6.57. The fourth-order valence-electron chi connectivity index (χ4n) is 2.10. The largest absolute Gasteiger partial charge is 0.496 e. The Bertz CT molecular complexity index is 534. The fourth-order valence-corrected chi connectivity index (χ4v) is 2.10. The number of hydrogen-bond donors (Lipinski definition) is 1. The van der Waals surface area contributed by atoms with E-state index in [-0.39, 0.29) is 0 Å². The molecule has 1 aliphatic rings. The highest BCUT2D eigenvalue weighted by atomic mass is 16.5. The van der Waals surface area contributed by atoms with E-state index in [2.05, 4.69) is 27.5 Å². The standard InChI is InChI=1S/C14H18N4O/c1-19-14-5-2-11(7-16-13-3-4-13)6-12(14)8-18-10-15-9-17-18/h2,5-6,9-10,13,16H,3-4,7-8H2,1H3. The van der Waals surface area contributed by atoms with Crippen LogP contribution in [0.3, 0.4) is 0 Å². The second-order valence-electron chi connectivity index (χ2n) is 4.89. The van der Waals surface area contributed by atoms with Crippen LogP contribution in [0.1, 0.15) is 24.0 Å². The van der Waals surface area contributed by atoms with Gasteiger partial charge in [0.05, 0.1) is 13.7 Å². The minimum absolute atomic E-state index is 0.681. The van der Waals surface area contributed by atoms with Crippen LogP contribution in [0.25, 0.3) is 0 Å². The smallest absolute Gasteiger partial charge is 0.137 e. The molecule has 1 saturated carbocycles. The Labute approximate surface area is 112 Å². The first-order valence-corrected chi connectivity index (χ1v) is 6.57. The van der Waals surface area contributed by atoms with E-state index in [1.54, 1.807) is 24.4 Å². The summed E-state index contributed by atoms with van der Waals surface area (Å²) in [6, 6.07) is 7.03. The van der Waals surface area contributed by atoms with E-state index in [4.69, 9.17) is 4.74 Å². The van der Waals surface area contributed by atoms with Crippen LogP contribution < -0.4 is 10.1 Å². The summed E-state index contributed by atoms with van der Waals surface area (Å²) >= 11 is 0. The van der Waals surface area contributed by atoms with Gasteiger partial charge in [0.25, 0.3) is 0 Å². The number of nitrogens with zero attached hydrogens (tertiary/aromatic N) is 3. The quantitative estimate of drug-likeness (QED) is 0.855. The SMILES string of the molecule is COc1ccc(CNC2CC2)cc1Cn1cncn1. The van der Waals surface area contributed by atoms with Gasteiger partial charge in [0.1, 0.15) is 18.4 Å². The molecule has 3 rings (SSSR count). The normalized spacial score (nSPS) is 14.6. The summed E-state index contributed by atoms with van der Waals surface area (Å²) in [6.45, 7) is 1.60. The zero-order chi connectivity index (χ0) is 13.1. The minimum Gasteiger partial charge on any atom is -0.496 e. The molecule has 0 aliphatic heterocycles. The monoisotopic (exact) mass is 258 g/mol. The number of rotatable bonds is 6. The lowest BCUT2D eigenvalue weighted by molar-refractivity contribution is 0.407. The maximum Gasteiger partial charge on any atom is 0.137 e. The summed E-state index contributed by atoms with van der Waals surface area (Å²) in [5.74, 6) is 0.894. The van der Waals surface area contributed by atoms with Crippen molar-refractivity contribution in [1.29, 1.82) is 0 Å². The molecular formula is C14H18N4O. The van der Waals surface area contributed by atoms with E-state index in [1.165, 1.54) is 18.4 Å². The highest BCUT2D eigenvalue weighted by Crippen LogP contribution is 2.23. The third kappa shape index (κ3) is 3.12. The average molecular weight is 258 g/mol. The molecule has 0 unspecified atom stereocenters. The molecule has 1 heterocycles. The number of aromatic nitrogens is 3. The Morgan fingerprint density at radius 3 is 3.00 bits per heavy atom. The molecule has 1 N–H and O–H groups in total. The Balaban J connectivity index is 1.75. The van der Waals surface area contributed by atoms with E-state index in [0.717, 1.165) is 23.9 Å². The molecule has 1 aromatic carbocycles. The van der Waals surface area contributed by atoms with E-state index >= 15 is 0 Å². The molecule has 0 radical (unpaired) electrons. The van der Waals surface area contributed by atoms with E-state index in [0.29, 0.717) is 6.54 Å². The average Bonchev–Trinajstić information content (AvgIpc) is 3.13. The Morgan fingerprint density at radius 2 is 2.32 bits per heavy atom. The fraction of sp³-hybridized carbons (Fsp3) is 0.429. The first kappa shape index (κ1) is 12.2. The van der Waals surface area contributed by atoms with Crippen molar-refractivity contribution >= 4 is 0 Å². The molecule has 0 bridgehead atoms. The lowest BCUT2D eigenvalue weighted by atomic mass is 10.1. The van der Waals surface area contributed by atoms with Crippen molar-refractivity contribution in [2.45, 2.75) is 32.0 Å². The van der Waals surface area contributed by atoms with Gasteiger partial charge in [0, 0.05) is 18.2 Å². The number of ether oxygens (including phenoxy) is 1. The number of hydrogen-bond acceptors (Lipinski definition) is 4. The van der Waals surface area contributed by atoms with Crippen molar-refractivity contribution in [1.82, 2.24) is 20.1 Å². The van der Waals surface area contributed by atoms with Crippen LogP contribution in [-0.4, -0.2) is 27.9 Å². The Kier molecular flexibility index (Phi) is 3.46. The molecule has 0 saturated heterocycles. The van der Waals surface area contributed by atoms with Crippen molar-refractivity contribution in [2.24, 2.45) is 0 Å². The van der Waals surface area contributed by atoms with E-state index < -0.39 is 0 Å². The molecule has 19 heavy (non-hydrogen) atoms. The number of methoxy groups -OCH3 is 1. The maximum absolute atomic E-state index is 5.41. The highest BCUT2D eigenvalue weighted by Gasteiger charge is 2.20. The molecule has 1 aliphatic carbocycles. The van der Waals surface area contributed by atoms with Crippen LogP contribution in [-0.2, 0) is 13.1 Å². The zero-order valence-corrected chi connectivity index (χ0v) is 11.0. The molecule has 100 valence electrons. The van der Waals surface area contributed by atoms with Crippen LogP contribution >= 0.6 is 0 Å². The van der Waals surface area contributed by atoms with Crippen LogP contribution in [0.4, 0.5) is 0 Å². The van der Waals surface area contributed by atoms with Crippen molar-refractivity contribution in [3.8, 4) is 5.75 Å². The third-order valence-electron chi connectivity index (χ3n) is 3.32. The van der Waals surface area contributed by atoms with Gasteiger partial charge in [-0.15, -0.1) is 0 Å². The van der Waals surface area contributed by atoms with Crippen molar-refractivity contribution in [3.05, 3.63) is 42.0 Å². The topological polar surface area (TPSA) is 52.0 Å². The molecule has 0 atom stereocenters. The van der Waals surface area contributed by atoms with Crippen molar-refractivity contribution < 1.29 is 4.74 Å². The Morgan fingerprint density at radius 1 is 1.42 bits per heavy atom. The molecular weight excluding hydrogens is 240 g/mol. The third-order valence-corrected chi connectivity index (χ3v) is 3.32. The van der Waals surface area contributed by atoms with Gasteiger partial charge < -0.3 is 10.1 Å². The molecule has 5 nitrogen and oxygen atoms in total. The summed E-state index contributed by atoms with van der Waals surface area (Å²) in [5.41, 5.74) is 2.41. The van der Waals surface area contributed by atoms with Crippen LogP contribution in [0.2, 0.25) is 0 Å². The summed E-state index contributed by atoms with van der Waals surface area (Å²) in [5, 5.41) is 7.66. The first-order chi connectivity index (χ1) is 9.35. The van der Waals surface area contributed by atoms with Crippen molar-refractivity contribution in [2.75, 3.05) is 7.11 Å². The second-order valence-corrected chi connectivity index (χ2v) is 4.89. The van der Waals surface area contributed by atoms with E-state index in [1.807, 2.05) is 6.07 Å². The highest BCUT2D eigenvalue weighted by molar-refractivity contribution is 5.37. The van der Waals surface area contributed by atoms with Crippen LogP contribution in [0.5, 0.6) is 5.75 Å². The van der Waals surface area contributed by atoms with Crippen LogP contribution in [0.15, 0.2) is 30.9 Å². The van der Waals surface area contributed by atoms with Crippen molar-refractivity contribution in [3.63, 3.8) is 0 Å². The van der Waals surface area contributed by atoms with Gasteiger partial charge in [0.2, 0.25) is 0 Å². The minimum atomic E-state index is 0.681. The summed E-state index contributed by atoms with van der Waals surface area (Å²) in [6.07, 6.45) is 5.88. The number of benzene rings is 1. The lowest BCUT2D eigenvalue weighted by Crippen LogP contribution is -2.15. The van der Waals surface area contributed by atoms with Crippen LogP contribution in [0, 0.1) is 0 Å². The van der Waals surface area contributed by atoms with E-state index in [9.17, 15) is 0 Å². The predicted octanol–water partition coefficient (Wildman–Crippen LogP) is 1.59. The Hall–Kier alpha value is -1.88. The molecule has 5 heteroatoms. The zero-order valence-electron chi connectivity index (χ0n) is 11.0. The van der Waals surface area contributed by atoms with Gasteiger partial charge in [-0.05, 0) is 30.5 Å². The maximum atomic E-state index is 5.41. The molecule has 1 aromatic heterocycles. The second kappa shape index (κ2) is 5.40. The summed E-state index contributed by atoms with van der Waals surface area (Å²) < 4.78 is 7.21. The van der Waals surface area contributed by atoms with Gasteiger partial charge in [-0.2, -0.15) is 5.10 Å². The molecule has 0 spiro atoms. The molecule has 1 fully saturated rings. The molecule has 2 aromatic rings. The summed E-state index contributed by atoms with van der Waals surface area (Å²) in [7, 11) is 1.70. The summed E-state index contributed by atoms with van der Waals surface area (Å²) in [4.78, 5) is 3.96. The van der Waals surface area contributed by atoms with Gasteiger partial charge in [-0.25, -0.2) is 9.67 Å². The predicted molar refractivity (Wildman–Crippen MR) is 72.0 cm³/mol. The van der Waals surface area contributed by atoms with Gasteiger partial charge in [-0.1, -0.05) is 6.07 Å². The van der Waals surface area contributed by atoms with Gasteiger partial charge in [0.15, 0.2) is 0 Å². The van der Waals surface area contributed by atoms with Gasteiger partial charge >= 0.3 is 0 Å².